The molecule has 3 unspecified atom stereocenters. The van der Waals surface area contributed by atoms with E-state index in [4.69, 9.17) is 23.7 Å². The van der Waals surface area contributed by atoms with E-state index in [1.807, 2.05) is 0 Å². The summed E-state index contributed by atoms with van der Waals surface area (Å²) in [6.45, 7) is -3.34. The third kappa shape index (κ3) is 13.1. The molecule has 0 saturated carbocycles. The number of halogens is 14. The molecule has 1 amide bonds. The fourth-order valence-electron chi connectivity index (χ4n) is 9.55. The fraction of sp³-hybridized carbons (Fsp3) is 0.268. The summed E-state index contributed by atoms with van der Waals surface area (Å²) in [6.07, 6.45) is -22.0. The number of esters is 2. The van der Waals surface area contributed by atoms with E-state index in [2.05, 4.69) is 37.2 Å². The molecule has 28 heteroatoms. The van der Waals surface area contributed by atoms with Crippen LogP contribution in [0, 0.1) is 0 Å². The standard InChI is InChI=1S/C56H41Br2F12N3O10S/c1-79-49(77)32-15-33(50(78)80-2)17-39(16-32)71-47(76)28-84-29-72-43-12-5-3-9-31(43)24-51(72,45(74)26-81-40-20-34(53(59,60)61)18-35(21-40)54(62,63)64)73-44-13-6-4-11-42(44)48(58)52(73,83-25-30-8-7-10-38(57)14-30)46(75)27-82-41-22-36(55(65,66)67)19-37(23-41)56(68,69)70/h3-23,48H,24-29H2,1-2H3,(H,71,76). The molecule has 2 aliphatic rings. The van der Waals surface area contributed by atoms with Crippen LogP contribution in [-0.2, 0) is 66.3 Å². The Bertz CT molecular complexity index is 3430. The maximum atomic E-state index is 16.1. The van der Waals surface area contributed by atoms with Gasteiger partial charge in [0.2, 0.25) is 23.2 Å². The lowest BCUT2D eigenvalue weighted by Crippen LogP contribution is -2.74. The molecule has 84 heavy (non-hydrogen) atoms. The van der Waals surface area contributed by atoms with Crippen LogP contribution in [0.1, 0.15) is 64.5 Å². The van der Waals surface area contributed by atoms with Crippen molar-refractivity contribution in [3.8, 4) is 11.5 Å². The first-order chi connectivity index (χ1) is 39.4. The number of alkyl halides is 13. The minimum atomic E-state index is -5.37. The molecule has 6 aromatic rings. The van der Waals surface area contributed by atoms with Crippen molar-refractivity contribution in [1.29, 1.82) is 0 Å². The lowest BCUT2D eigenvalue weighted by Gasteiger charge is -2.53. The van der Waals surface area contributed by atoms with Crippen molar-refractivity contribution in [2.75, 3.05) is 54.2 Å². The van der Waals surface area contributed by atoms with E-state index in [9.17, 15) is 67.1 Å². The fourth-order valence-corrected chi connectivity index (χ4v) is 11.9. The van der Waals surface area contributed by atoms with Gasteiger partial charge in [0.1, 0.15) is 11.5 Å². The predicted molar refractivity (Wildman–Crippen MR) is 287 cm³/mol. The average Bonchev–Trinajstić information content (AvgIpc) is 1.53. The number of hydrogen-bond donors (Lipinski definition) is 1. The Balaban J connectivity index is 1.30. The van der Waals surface area contributed by atoms with Crippen molar-refractivity contribution in [3.63, 3.8) is 0 Å². The second-order valence-corrected chi connectivity index (χ2v) is 21.4. The molecule has 1 N–H and O–H groups in total. The van der Waals surface area contributed by atoms with Crippen molar-refractivity contribution < 1.29 is 100 Å². The molecule has 2 aliphatic heterocycles. The number of methoxy groups -OCH3 is 2. The minimum absolute atomic E-state index is 0.0281. The number of hydrogen-bond acceptors (Lipinski definition) is 13. The van der Waals surface area contributed by atoms with Crippen molar-refractivity contribution >= 4 is 90.1 Å². The normalized spacial score (nSPS) is 17.7. The smallest absolute Gasteiger partial charge is 0.416 e. The Labute approximate surface area is 489 Å². The quantitative estimate of drug-likeness (QED) is 0.0466. The first-order valence-electron chi connectivity index (χ1n) is 24.3. The molecular weight excluding hydrogens is 1290 g/mol. The summed E-state index contributed by atoms with van der Waals surface area (Å²) < 4.78 is 198. The highest BCUT2D eigenvalue weighted by Crippen LogP contribution is 2.59. The van der Waals surface area contributed by atoms with Crippen LogP contribution in [-0.4, -0.2) is 79.9 Å². The number of amides is 1. The van der Waals surface area contributed by atoms with E-state index in [0.717, 1.165) is 36.9 Å². The number of ether oxygens (including phenoxy) is 5. The Kier molecular flexibility index (Phi) is 18.2. The molecule has 13 nitrogen and oxygen atoms in total. The highest BCUT2D eigenvalue weighted by molar-refractivity contribution is 9.10. The zero-order chi connectivity index (χ0) is 61.3. The van der Waals surface area contributed by atoms with Gasteiger partial charge in [-0.25, -0.2) is 9.59 Å². The molecule has 0 radical (unpaired) electrons. The number of anilines is 3. The number of thioether (sulfide) groups is 1. The summed E-state index contributed by atoms with van der Waals surface area (Å²) in [7, 11) is 2.14. The van der Waals surface area contributed by atoms with E-state index >= 15 is 9.59 Å². The molecule has 0 fully saturated rings. The van der Waals surface area contributed by atoms with Crippen LogP contribution in [0.2, 0.25) is 0 Å². The number of carbonyl (C=O) groups excluding carboxylic acids is 5. The molecule has 3 atom stereocenters. The van der Waals surface area contributed by atoms with Gasteiger partial charge in [0.25, 0.3) is 0 Å². The van der Waals surface area contributed by atoms with Crippen LogP contribution in [0.15, 0.2) is 132 Å². The number of carbonyl (C=O) groups is 5. The average molecular weight is 1340 g/mol. The van der Waals surface area contributed by atoms with E-state index in [0.29, 0.717) is 15.6 Å². The van der Waals surface area contributed by atoms with Gasteiger partial charge in [-0.05, 0) is 95.6 Å². The summed E-state index contributed by atoms with van der Waals surface area (Å²) >= 11 is 7.76. The van der Waals surface area contributed by atoms with E-state index < -0.39 is 142 Å². The van der Waals surface area contributed by atoms with Crippen molar-refractivity contribution in [1.82, 2.24) is 0 Å². The first-order valence-corrected chi connectivity index (χ1v) is 27.1. The number of ketones is 2. The highest BCUT2D eigenvalue weighted by atomic mass is 79.9. The van der Waals surface area contributed by atoms with Crippen molar-refractivity contribution in [2.45, 2.75) is 53.9 Å². The zero-order valence-electron chi connectivity index (χ0n) is 43.1. The second kappa shape index (κ2) is 24.4. The molecule has 0 aromatic heterocycles. The lowest BCUT2D eigenvalue weighted by atomic mass is 9.92. The maximum Gasteiger partial charge on any atom is 0.416 e. The van der Waals surface area contributed by atoms with Gasteiger partial charge in [0, 0.05) is 28.0 Å². The Morgan fingerprint density at radius 3 is 1.63 bits per heavy atom. The number of benzene rings is 6. The van der Waals surface area contributed by atoms with Gasteiger partial charge >= 0.3 is 36.6 Å². The van der Waals surface area contributed by atoms with Crippen LogP contribution < -0.4 is 24.6 Å². The highest BCUT2D eigenvalue weighted by Gasteiger charge is 2.68. The number of para-hydroxylation sites is 2. The molecule has 444 valence electrons. The Morgan fingerprint density at radius 2 is 1.12 bits per heavy atom. The third-order valence-corrected chi connectivity index (χ3v) is 15.7. The van der Waals surface area contributed by atoms with Crippen LogP contribution >= 0.6 is 43.6 Å². The van der Waals surface area contributed by atoms with Gasteiger partial charge in [-0.15, -0.1) is 11.8 Å². The number of Topliss-reactive ketones (excluding diaryl/α,β-unsaturated/α-hetero) is 2. The van der Waals surface area contributed by atoms with Gasteiger partial charge in [0.15, 0.2) is 18.9 Å². The van der Waals surface area contributed by atoms with E-state index in [1.54, 1.807) is 36.4 Å². The monoisotopic (exact) mass is 1330 g/mol. The topological polar surface area (TPSA) is 150 Å². The summed E-state index contributed by atoms with van der Waals surface area (Å²) in [6, 6.07) is 22.4. The summed E-state index contributed by atoms with van der Waals surface area (Å²) in [4.78, 5) is 71.9. The Morgan fingerprint density at radius 1 is 0.619 bits per heavy atom. The number of rotatable bonds is 19. The number of nitrogens with zero attached hydrogens (tertiary/aromatic N) is 2. The Hall–Kier alpha value is -7.30. The summed E-state index contributed by atoms with van der Waals surface area (Å²) in [5.74, 6) is -8.20. The van der Waals surface area contributed by atoms with Gasteiger partial charge in [-0.3, -0.25) is 14.4 Å². The van der Waals surface area contributed by atoms with Gasteiger partial charge < -0.3 is 38.8 Å². The first kappa shape index (κ1) is 62.7. The zero-order valence-corrected chi connectivity index (χ0v) is 47.1. The molecule has 0 spiro atoms. The van der Waals surface area contributed by atoms with Gasteiger partial charge in [0.05, 0.1) is 70.7 Å². The van der Waals surface area contributed by atoms with Crippen LogP contribution in [0.25, 0.3) is 0 Å². The molecule has 0 saturated heterocycles. The molecule has 8 rings (SSSR count). The van der Waals surface area contributed by atoms with Crippen molar-refractivity contribution in [2.24, 2.45) is 0 Å². The number of fused-ring (bicyclic) bond motifs is 2. The van der Waals surface area contributed by atoms with E-state index in [-0.39, 0.29) is 70.2 Å². The third-order valence-electron chi connectivity index (χ3n) is 13.2. The summed E-state index contributed by atoms with van der Waals surface area (Å²) in [5, 5.41) is 2.56. The van der Waals surface area contributed by atoms with Crippen LogP contribution in [0.4, 0.5) is 69.7 Å². The molecule has 0 bridgehead atoms. The van der Waals surface area contributed by atoms with Gasteiger partial charge in [-0.2, -0.15) is 52.7 Å². The predicted octanol–water partition coefficient (Wildman–Crippen LogP) is 13.7. The molecular formula is C56H41Br2F12N3O10S. The SMILES string of the molecule is COC(=O)c1cc(NC(=O)CSCN2c3ccccc3CC2(C(=O)COc2cc(C(F)(F)F)cc(C(F)(F)F)c2)N2c3ccccc3C(Br)C2(OCc2cccc(Br)c2)C(=O)COc2cc(C(F)(F)F)cc(C(F)(F)F)c2)cc(C(=O)OC)c1. The second-order valence-electron chi connectivity index (χ2n) is 18.6. The maximum absolute atomic E-state index is 16.1. The lowest BCUT2D eigenvalue weighted by molar-refractivity contribution is -0.152. The van der Waals surface area contributed by atoms with E-state index in [1.165, 1.54) is 53.4 Å². The molecule has 6 aromatic carbocycles. The minimum Gasteiger partial charge on any atom is -0.486 e. The van der Waals surface area contributed by atoms with Crippen LogP contribution in [0.5, 0.6) is 11.5 Å². The van der Waals surface area contributed by atoms with Crippen LogP contribution in [0.3, 0.4) is 0 Å². The van der Waals surface area contributed by atoms with Crippen molar-refractivity contribution in [3.05, 3.63) is 182 Å². The summed E-state index contributed by atoms with van der Waals surface area (Å²) in [5.41, 5.74) is -12.0. The molecule has 2 heterocycles. The number of nitrogens with one attached hydrogen (secondary N) is 1. The molecule has 0 aliphatic carbocycles. The van der Waals surface area contributed by atoms with Gasteiger partial charge in [-0.1, -0.05) is 80.4 Å². The largest absolute Gasteiger partial charge is 0.486 e.